The van der Waals surface area contributed by atoms with Crippen molar-refractivity contribution in [2.45, 2.75) is 64.1 Å². The molecule has 1 heterocycles. The first-order valence-electron chi connectivity index (χ1n) is 7.40. The van der Waals surface area contributed by atoms with Gasteiger partial charge in [-0.25, -0.2) is 0 Å². The fourth-order valence-corrected chi connectivity index (χ4v) is 4.60. The molecule has 0 saturated heterocycles. The largest absolute Gasteiger partial charge is 0.326 e. The molecule has 0 aliphatic heterocycles. The van der Waals surface area contributed by atoms with Gasteiger partial charge in [-0.05, 0) is 38.4 Å². The van der Waals surface area contributed by atoms with Gasteiger partial charge >= 0.3 is 0 Å². The van der Waals surface area contributed by atoms with Crippen LogP contribution in [0.15, 0.2) is 12.1 Å². The minimum Gasteiger partial charge on any atom is -0.326 e. The Balaban J connectivity index is 2.20. The minimum absolute atomic E-state index is 0.136. The summed E-state index contributed by atoms with van der Waals surface area (Å²) < 4.78 is 0.861. The second kappa shape index (κ2) is 7.07. The van der Waals surface area contributed by atoms with Gasteiger partial charge in [0.05, 0.1) is 10.4 Å². The Kier molecular flexibility index (Phi) is 5.70. The molecule has 1 aromatic heterocycles. The maximum Gasteiger partial charge on any atom is 0.0931 e. The zero-order chi connectivity index (χ0) is 13.8. The molecule has 1 fully saturated rings. The number of nitrogens with two attached hydrogens (primary N) is 1. The van der Waals surface area contributed by atoms with Crippen LogP contribution in [-0.2, 0) is 0 Å². The highest BCUT2D eigenvalue weighted by Gasteiger charge is 2.30. The second-order valence-corrected chi connectivity index (χ2v) is 7.31. The van der Waals surface area contributed by atoms with Gasteiger partial charge in [-0.1, -0.05) is 37.8 Å². The molecule has 19 heavy (non-hydrogen) atoms. The molecular weight excluding hydrogens is 276 g/mol. The SMILES string of the molecule is CCN(C1CCCCC1)C(c1ccc(Cl)s1)C(C)N. The van der Waals surface area contributed by atoms with Crippen LogP contribution in [0.1, 0.15) is 56.9 Å². The van der Waals surface area contributed by atoms with E-state index in [1.165, 1.54) is 37.0 Å². The third kappa shape index (κ3) is 3.72. The summed E-state index contributed by atoms with van der Waals surface area (Å²) in [6.45, 7) is 5.43. The van der Waals surface area contributed by atoms with Crippen molar-refractivity contribution >= 4 is 22.9 Å². The summed E-state index contributed by atoms with van der Waals surface area (Å²) in [5.74, 6) is 0. The van der Waals surface area contributed by atoms with E-state index in [2.05, 4.69) is 24.8 Å². The Morgan fingerprint density at radius 3 is 2.53 bits per heavy atom. The Morgan fingerprint density at radius 2 is 2.05 bits per heavy atom. The van der Waals surface area contributed by atoms with Crippen molar-refractivity contribution in [3.8, 4) is 0 Å². The van der Waals surface area contributed by atoms with Crippen LogP contribution in [0.2, 0.25) is 4.34 Å². The average molecular weight is 301 g/mol. The van der Waals surface area contributed by atoms with Gasteiger partial charge in [-0.15, -0.1) is 11.3 Å². The summed E-state index contributed by atoms with van der Waals surface area (Å²) in [4.78, 5) is 3.92. The zero-order valence-corrected chi connectivity index (χ0v) is 13.5. The van der Waals surface area contributed by atoms with Gasteiger partial charge < -0.3 is 5.73 Å². The standard InChI is InChI=1S/C15H25ClN2S/c1-3-18(12-7-5-4-6-8-12)15(11(2)17)13-9-10-14(16)19-13/h9-12,15H,3-8,17H2,1-2H3. The highest BCUT2D eigenvalue weighted by atomic mass is 35.5. The van der Waals surface area contributed by atoms with E-state index in [0.717, 1.165) is 10.9 Å². The van der Waals surface area contributed by atoms with Gasteiger partial charge in [0.1, 0.15) is 0 Å². The summed E-state index contributed by atoms with van der Waals surface area (Å²) in [7, 11) is 0. The number of nitrogens with zero attached hydrogens (tertiary/aromatic N) is 1. The molecule has 108 valence electrons. The van der Waals surface area contributed by atoms with Crippen LogP contribution < -0.4 is 5.73 Å². The minimum atomic E-state index is 0.136. The molecule has 0 radical (unpaired) electrons. The first-order chi connectivity index (χ1) is 9.13. The summed E-state index contributed by atoms with van der Waals surface area (Å²) in [5.41, 5.74) is 6.28. The van der Waals surface area contributed by atoms with Gasteiger partial charge in [0.2, 0.25) is 0 Å². The summed E-state index contributed by atoms with van der Waals surface area (Å²) in [6.07, 6.45) is 6.74. The van der Waals surface area contributed by atoms with Crippen LogP contribution in [0.5, 0.6) is 0 Å². The van der Waals surface area contributed by atoms with E-state index >= 15 is 0 Å². The average Bonchev–Trinajstić information content (AvgIpc) is 2.82. The Labute approximate surface area is 125 Å². The van der Waals surface area contributed by atoms with Gasteiger partial charge in [0, 0.05) is 17.0 Å². The normalized spacial score (nSPS) is 20.7. The summed E-state index contributed by atoms with van der Waals surface area (Å²) >= 11 is 7.78. The lowest BCUT2D eigenvalue weighted by molar-refractivity contribution is 0.0994. The highest BCUT2D eigenvalue weighted by Crippen LogP contribution is 2.36. The van der Waals surface area contributed by atoms with Crippen molar-refractivity contribution in [1.82, 2.24) is 4.90 Å². The predicted octanol–water partition coefficient (Wildman–Crippen LogP) is 4.44. The monoisotopic (exact) mass is 300 g/mol. The van der Waals surface area contributed by atoms with Crippen molar-refractivity contribution in [2.75, 3.05) is 6.54 Å². The Morgan fingerprint density at radius 1 is 1.37 bits per heavy atom. The molecule has 2 atom stereocenters. The summed E-state index contributed by atoms with van der Waals surface area (Å²) in [5, 5.41) is 0. The van der Waals surface area contributed by atoms with E-state index in [4.69, 9.17) is 17.3 Å². The molecule has 2 rings (SSSR count). The summed E-state index contributed by atoms with van der Waals surface area (Å²) in [6, 6.07) is 5.27. The molecule has 1 aliphatic carbocycles. The van der Waals surface area contributed by atoms with Gasteiger partial charge in [0.15, 0.2) is 0 Å². The predicted molar refractivity (Wildman–Crippen MR) is 85.0 cm³/mol. The fourth-order valence-electron chi connectivity index (χ4n) is 3.31. The number of hydrogen-bond acceptors (Lipinski definition) is 3. The van der Waals surface area contributed by atoms with Crippen LogP contribution in [-0.4, -0.2) is 23.5 Å². The number of hydrogen-bond donors (Lipinski definition) is 1. The number of rotatable bonds is 5. The van der Waals surface area contributed by atoms with Crippen molar-refractivity contribution < 1.29 is 0 Å². The molecule has 4 heteroatoms. The van der Waals surface area contributed by atoms with Gasteiger partial charge in [-0.3, -0.25) is 4.90 Å². The van der Waals surface area contributed by atoms with Crippen molar-refractivity contribution in [3.05, 3.63) is 21.3 Å². The van der Waals surface area contributed by atoms with Crippen LogP contribution in [0, 0.1) is 0 Å². The Hall–Kier alpha value is -0.0900. The smallest absolute Gasteiger partial charge is 0.0931 e. The van der Waals surface area contributed by atoms with Crippen LogP contribution >= 0.6 is 22.9 Å². The first kappa shape index (κ1) is 15.3. The third-order valence-corrected chi connectivity index (χ3v) is 5.45. The highest BCUT2D eigenvalue weighted by molar-refractivity contribution is 7.16. The lowest BCUT2D eigenvalue weighted by Gasteiger charge is -2.40. The maximum atomic E-state index is 6.28. The molecule has 2 N–H and O–H groups in total. The van der Waals surface area contributed by atoms with Crippen molar-refractivity contribution in [3.63, 3.8) is 0 Å². The molecule has 0 spiro atoms. The van der Waals surface area contributed by atoms with E-state index in [-0.39, 0.29) is 6.04 Å². The molecule has 0 aromatic carbocycles. The van der Waals surface area contributed by atoms with Crippen molar-refractivity contribution in [2.24, 2.45) is 5.73 Å². The number of likely N-dealkylation sites (N-methyl/N-ethyl adjacent to an activating group) is 1. The van der Waals surface area contributed by atoms with E-state index in [1.807, 2.05) is 6.07 Å². The lowest BCUT2D eigenvalue weighted by Crippen LogP contribution is -2.45. The van der Waals surface area contributed by atoms with Gasteiger partial charge in [0.25, 0.3) is 0 Å². The number of thiophene rings is 1. The van der Waals surface area contributed by atoms with Crippen LogP contribution in [0.25, 0.3) is 0 Å². The topological polar surface area (TPSA) is 29.3 Å². The fraction of sp³-hybridized carbons (Fsp3) is 0.733. The second-order valence-electron chi connectivity index (χ2n) is 5.57. The third-order valence-electron chi connectivity index (χ3n) is 4.15. The molecule has 1 aromatic rings. The molecule has 2 nitrogen and oxygen atoms in total. The molecule has 0 amide bonds. The molecular formula is C15H25ClN2S. The van der Waals surface area contributed by atoms with Crippen LogP contribution in [0.4, 0.5) is 0 Å². The Bertz CT molecular complexity index is 385. The van der Waals surface area contributed by atoms with Crippen LogP contribution in [0.3, 0.4) is 0 Å². The molecule has 2 unspecified atom stereocenters. The van der Waals surface area contributed by atoms with E-state index < -0.39 is 0 Å². The number of halogens is 1. The lowest BCUT2D eigenvalue weighted by atomic mass is 9.92. The van der Waals surface area contributed by atoms with E-state index in [0.29, 0.717) is 12.1 Å². The van der Waals surface area contributed by atoms with E-state index in [1.54, 1.807) is 11.3 Å². The first-order valence-corrected chi connectivity index (χ1v) is 8.59. The molecule has 0 bridgehead atoms. The molecule has 1 aliphatic rings. The molecule has 1 saturated carbocycles. The van der Waals surface area contributed by atoms with E-state index in [9.17, 15) is 0 Å². The van der Waals surface area contributed by atoms with Crippen molar-refractivity contribution in [1.29, 1.82) is 0 Å². The maximum absolute atomic E-state index is 6.28. The quantitative estimate of drug-likeness (QED) is 0.871. The van der Waals surface area contributed by atoms with Gasteiger partial charge in [-0.2, -0.15) is 0 Å². The zero-order valence-electron chi connectivity index (χ0n) is 11.9.